The molecular formula is C19H20N4O2. The van der Waals surface area contributed by atoms with E-state index in [4.69, 9.17) is 4.74 Å². The Hall–Kier alpha value is -2.89. The van der Waals surface area contributed by atoms with Gasteiger partial charge < -0.3 is 9.64 Å². The molecule has 0 saturated carbocycles. The van der Waals surface area contributed by atoms with Crippen molar-refractivity contribution < 1.29 is 9.53 Å². The minimum atomic E-state index is -0.355. The first-order valence-corrected chi connectivity index (χ1v) is 8.49. The summed E-state index contributed by atoms with van der Waals surface area (Å²) in [5.74, 6) is -0.00745. The average molecular weight is 336 g/mol. The van der Waals surface area contributed by atoms with Crippen LogP contribution in [0.3, 0.4) is 0 Å². The molecule has 1 aliphatic rings. The van der Waals surface area contributed by atoms with Gasteiger partial charge in [-0.25, -0.2) is 14.3 Å². The topological polar surface area (TPSA) is 59.7 Å². The Bertz CT molecular complexity index is 891. The fourth-order valence-electron chi connectivity index (χ4n) is 3.22. The van der Waals surface area contributed by atoms with E-state index in [0.717, 1.165) is 25.2 Å². The SMILES string of the molecule is Cc1ccn2ncc(C(=O)OCC3CCN(c4ccccc4)C3)c2n1. The van der Waals surface area contributed by atoms with Crippen molar-refractivity contribution in [1.29, 1.82) is 0 Å². The lowest BCUT2D eigenvalue weighted by atomic mass is 10.1. The summed E-state index contributed by atoms with van der Waals surface area (Å²) in [7, 11) is 0. The highest BCUT2D eigenvalue weighted by molar-refractivity contribution is 5.95. The summed E-state index contributed by atoms with van der Waals surface area (Å²) >= 11 is 0. The summed E-state index contributed by atoms with van der Waals surface area (Å²) in [6, 6.07) is 12.2. The third-order valence-corrected chi connectivity index (χ3v) is 4.59. The number of aromatic nitrogens is 3. The Labute approximate surface area is 146 Å². The number of hydrogen-bond acceptors (Lipinski definition) is 5. The molecule has 0 N–H and O–H groups in total. The van der Waals surface area contributed by atoms with Gasteiger partial charge in [0.2, 0.25) is 0 Å². The molecule has 128 valence electrons. The van der Waals surface area contributed by atoms with Crippen LogP contribution in [-0.2, 0) is 4.74 Å². The highest BCUT2D eigenvalue weighted by Crippen LogP contribution is 2.24. The van der Waals surface area contributed by atoms with Crippen LogP contribution in [0, 0.1) is 12.8 Å². The molecule has 1 aliphatic heterocycles. The first-order valence-electron chi connectivity index (χ1n) is 8.49. The van der Waals surface area contributed by atoms with E-state index in [2.05, 4.69) is 27.1 Å². The number of hydrogen-bond donors (Lipinski definition) is 0. The first kappa shape index (κ1) is 15.6. The molecule has 4 rings (SSSR count). The summed E-state index contributed by atoms with van der Waals surface area (Å²) in [6.45, 7) is 4.21. The summed E-state index contributed by atoms with van der Waals surface area (Å²) in [4.78, 5) is 19.1. The number of fused-ring (bicyclic) bond motifs is 1. The van der Waals surface area contributed by atoms with E-state index in [0.29, 0.717) is 23.7 Å². The maximum atomic E-state index is 12.4. The van der Waals surface area contributed by atoms with Crippen molar-refractivity contribution in [3.63, 3.8) is 0 Å². The van der Waals surface area contributed by atoms with Crippen molar-refractivity contribution >= 4 is 17.3 Å². The van der Waals surface area contributed by atoms with Crippen LogP contribution < -0.4 is 4.90 Å². The van der Waals surface area contributed by atoms with Crippen LogP contribution in [0.15, 0.2) is 48.8 Å². The van der Waals surface area contributed by atoms with Gasteiger partial charge in [0.1, 0.15) is 5.56 Å². The van der Waals surface area contributed by atoms with E-state index >= 15 is 0 Å². The minimum Gasteiger partial charge on any atom is -0.462 e. The number of carbonyl (C=O) groups excluding carboxylic acids is 1. The number of anilines is 1. The van der Waals surface area contributed by atoms with Gasteiger partial charge in [-0.15, -0.1) is 0 Å². The van der Waals surface area contributed by atoms with Crippen LogP contribution in [0.4, 0.5) is 5.69 Å². The second kappa shape index (κ2) is 6.55. The van der Waals surface area contributed by atoms with Crippen LogP contribution >= 0.6 is 0 Å². The minimum absolute atomic E-state index is 0.348. The van der Waals surface area contributed by atoms with E-state index in [1.165, 1.54) is 11.9 Å². The fourth-order valence-corrected chi connectivity index (χ4v) is 3.22. The van der Waals surface area contributed by atoms with Crippen molar-refractivity contribution in [2.75, 3.05) is 24.6 Å². The molecule has 1 fully saturated rings. The lowest BCUT2D eigenvalue weighted by molar-refractivity contribution is 0.0453. The van der Waals surface area contributed by atoms with Crippen LogP contribution in [0.25, 0.3) is 5.65 Å². The zero-order chi connectivity index (χ0) is 17.2. The molecule has 6 nitrogen and oxygen atoms in total. The predicted molar refractivity (Wildman–Crippen MR) is 94.8 cm³/mol. The van der Waals surface area contributed by atoms with E-state index in [9.17, 15) is 4.79 Å². The third-order valence-electron chi connectivity index (χ3n) is 4.59. The first-order chi connectivity index (χ1) is 12.2. The van der Waals surface area contributed by atoms with Crippen molar-refractivity contribution in [3.8, 4) is 0 Å². The lowest BCUT2D eigenvalue weighted by Crippen LogP contribution is -2.22. The number of ether oxygens (including phenoxy) is 1. The number of benzene rings is 1. The van der Waals surface area contributed by atoms with Crippen molar-refractivity contribution in [1.82, 2.24) is 14.6 Å². The Balaban J connectivity index is 1.38. The van der Waals surface area contributed by atoms with Crippen molar-refractivity contribution in [2.24, 2.45) is 5.92 Å². The molecule has 0 amide bonds. The smallest absolute Gasteiger partial charge is 0.343 e. The zero-order valence-corrected chi connectivity index (χ0v) is 14.1. The quantitative estimate of drug-likeness (QED) is 0.686. The number of rotatable bonds is 4. The van der Waals surface area contributed by atoms with E-state index in [1.807, 2.05) is 31.2 Å². The lowest BCUT2D eigenvalue weighted by Gasteiger charge is -2.18. The fraction of sp³-hybridized carbons (Fsp3) is 0.316. The molecule has 1 unspecified atom stereocenters. The van der Waals surface area contributed by atoms with Gasteiger partial charge in [-0.05, 0) is 31.5 Å². The number of nitrogens with zero attached hydrogens (tertiary/aromatic N) is 4. The molecule has 1 atom stereocenters. The Morgan fingerprint density at radius 1 is 1.28 bits per heavy atom. The van der Waals surface area contributed by atoms with E-state index in [1.54, 1.807) is 10.7 Å². The van der Waals surface area contributed by atoms with Crippen molar-refractivity contribution in [2.45, 2.75) is 13.3 Å². The summed E-state index contributed by atoms with van der Waals surface area (Å²) in [5.41, 5.74) is 3.03. The Morgan fingerprint density at radius 2 is 2.12 bits per heavy atom. The average Bonchev–Trinajstić information content (AvgIpc) is 3.27. The number of para-hydroxylation sites is 1. The molecule has 3 heterocycles. The van der Waals surface area contributed by atoms with E-state index in [-0.39, 0.29) is 5.97 Å². The van der Waals surface area contributed by atoms with Gasteiger partial charge in [-0.2, -0.15) is 5.10 Å². The summed E-state index contributed by atoms with van der Waals surface area (Å²) < 4.78 is 7.14. The second-order valence-electron chi connectivity index (χ2n) is 6.43. The molecule has 3 aromatic rings. The van der Waals surface area contributed by atoms with Crippen LogP contribution in [0.2, 0.25) is 0 Å². The molecule has 2 aromatic heterocycles. The Morgan fingerprint density at radius 3 is 2.96 bits per heavy atom. The molecule has 0 spiro atoms. The van der Waals surface area contributed by atoms with Gasteiger partial charge in [-0.3, -0.25) is 0 Å². The number of esters is 1. The monoisotopic (exact) mass is 336 g/mol. The highest BCUT2D eigenvalue weighted by atomic mass is 16.5. The molecule has 25 heavy (non-hydrogen) atoms. The normalized spacial score (nSPS) is 17.2. The molecule has 1 saturated heterocycles. The van der Waals surface area contributed by atoms with E-state index < -0.39 is 0 Å². The maximum absolute atomic E-state index is 12.4. The molecule has 1 aromatic carbocycles. The van der Waals surface area contributed by atoms with Gasteiger partial charge >= 0.3 is 5.97 Å². The van der Waals surface area contributed by atoms with Crippen LogP contribution in [0.5, 0.6) is 0 Å². The van der Waals surface area contributed by atoms with Crippen LogP contribution in [-0.4, -0.2) is 40.3 Å². The molecular weight excluding hydrogens is 316 g/mol. The summed E-state index contributed by atoms with van der Waals surface area (Å²) in [5, 5.41) is 4.16. The zero-order valence-electron chi connectivity index (χ0n) is 14.1. The van der Waals surface area contributed by atoms with Gasteiger partial charge in [0, 0.05) is 36.6 Å². The van der Waals surface area contributed by atoms with Gasteiger partial charge in [0.15, 0.2) is 5.65 Å². The number of carbonyl (C=O) groups is 1. The summed E-state index contributed by atoms with van der Waals surface area (Å²) in [6.07, 6.45) is 4.34. The largest absolute Gasteiger partial charge is 0.462 e. The standard InChI is InChI=1S/C19H20N4O2/c1-14-7-10-23-18(21-14)17(11-20-23)19(24)25-13-15-8-9-22(12-15)16-5-3-2-4-6-16/h2-7,10-11,15H,8-9,12-13H2,1H3. The molecule has 0 bridgehead atoms. The number of aryl methyl sites for hydroxylation is 1. The van der Waals surface area contributed by atoms with Gasteiger partial charge in [0.25, 0.3) is 0 Å². The molecule has 0 aliphatic carbocycles. The van der Waals surface area contributed by atoms with Gasteiger partial charge in [-0.1, -0.05) is 18.2 Å². The third kappa shape index (κ3) is 3.20. The van der Waals surface area contributed by atoms with Crippen LogP contribution in [0.1, 0.15) is 22.5 Å². The second-order valence-corrected chi connectivity index (χ2v) is 6.43. The molecule has 6 heteroatoms. The molecule has 0 radical (unpaired) electrons. The Kier molecular flexibility index (Phi) is 4.09. The maximum Gasteiger partial charge on any atom is 0.343 e. The van der Waals surface area contributed by atoms with Crippen molar-refractivity contribution in [3.05, 3.63) is 60.0 Å². The highest BCUT2D eigenvalue weighted by Gasteiger charge is 2.25. The predicted octanol–water partition coefficient (Wildman–Crippen LogP) is 2.72. The van der Waals surface area contributed by atoms with Gasteiger partial charge in [0.05, 0.1) is 12.8 Å².